The molecule has 4 heteroatoms. The second-order valence-electron chi connectivity index (χ2n) is 5.98. The summed E-state index contributed by atoms with van der Waals surface area (Å²) in [6.07, 6.45) is 6.01. The fourth-order valence-electron chi connectivity index (χ4n) is 3.23. The minimum atomic E-state index is 0.0257. The van der Waals surface area contributed by atoms with Crippen molar-refractivity contribution in [3.05, 3.63) is 33.7 Å². The van der Waals surface area contributed by atoms with E-state index in [2.05, 4.69) is 29.0 Å². The van der Waals surface area contributed by atoms with Gasteiger partial charge in [0, 0.05) is 29.1 Å². The largest absolute Gasteiger partial charge is 0.326 e. The first-order valence-corrected chi connectivity index (χ1v) is 8.24. The standard InChI is InChI=1S/C15H22N2OS/c1-15(8-3-9-19-15)10-16-12-4-2-5-13-11(12)6-7-14(18)17-13/h6-7,12,16H,2-5,8-10H2,1H3,(H,17,18). The highest BCUT2D eigenvalue weighted by molar-refractivity contribution is 8.00. The Morgan fingerprint density at radius 1 is 1.47 bits per heavy atom. The SMILES string of the molecule is CC1(CNC2CCCc3[nH]c(=O)ccc32)CCCS1. The first-order chi connectivity index (χ1) is 9.16. The summed E-state index contributed by atoms with van der Waals surface area (Å²) in [5.74, 6) is 1.30. The lowest BCUT2D eigenvalue weighted by Crippen LogP contribution is -2.37. The third-order valence-electron chi connectivity index (χ3n) is 4.35. The van der Waals surface area contributed by atoms with Crippen LogP contribution in [0.4, 0.5) is 0 Å². The van der Waals surface area contributed by atoms with Gasteiger partial charge in [-0.05, 0) is 50.3 Å². The molecular formula is C15H22N2OS. The number of hydrogen-bond donors (Lipinski definition) is 2. The van der Waals surface area contributed by atoms with Gasteiger partial charge in [0.2, 0.25) is 5.56 Å². The van der Waals surface area contributed by atoms with Crippen molar-refractivity contribution in [3.63, 3.8) is 0 Å². The van der Waals surface area contributed by atoms with Crippen molar-refractivity contribution in [2.24, 2.45) is 0 Å². The van der Waals surface area contributed by atoms with Crippen molar-refractivity contribution in [1.82, 2.24) is 10.3 Å². The van der Waals surface area contributed by atoms with Gasteiger partial charge in [0.15, 0.2) is 0 Å². The molecule has 2 aliphatic rings. The zero-order valence-corrected chi connectivity index (χ0v) is 12.3. The molecule has 0 spiro atoms. The molecule has 2 heterocycles. The summed E-state index contributed by atoms with van der Waals surface area (Å²) in [5, 5.41) is 3.74. The molecule has 0 amide bonds. The van der Waals surface area contributed by atoms with E-state index in [0.717, 1.165) is 25.1 Å². The van der Waals surface area contributed by atoms with Crippen molar-refractivity contribution in [2.45, 2.75) is 49.8 Å². The summed E-state index contributed by atoms with van der Waals surface area (Å²) < 4.78 is 0.403. The lowest BCUT2D eigenvalue weighted by atomic mass is 9.91. The number of aromatic amines is 1. The van der Waals surface area contributed by atoms with Crippen molar-refractivity contribution in [3.8, 4) is 0 Å². The van der Waals surface area contributed by atoms with Gasteiger partial charge < -0.3 is 10.3 Å². The van der Waals surface area contributed by atoms with Crippen LogP contribution < -0.4 is 10.9 Å². The fraction of sp³-hybridized carbons (Fsp3) is 0.667. The summed E-state index contributed by atoms with van der Waals surface area (Å²) in [7, 11) is 0. The van der Waals surface area contributed by atoms with Crippen molar-refractivity contribution in [2.75, 3.05) is 12.3 Å². The molecular weight excluding hydrogens is 256 g/mol. The molecule has 19 heavy (non-hydrogen) atoms. The van der Waals surface area contributed by atoms with Crippen LogP contribution in [0.3, 0.4) is 0 Å². The summed E-state index contributed by atoms with van der Waals surface area (Å²) >= 11 is 2.10. The van der Waals surface area contributed by atoms with Crippen LogP contribution in [0.2, 0.25) is 0 Å². The maximum Gasteiger partial charge on any atom is 0.248 e. The molecule has 0 saturated carbocycles. The average molecular weight is 278 g/mol. The highest BCUT2D eigenvalue weighted by Crippen LogP contribution is 2.38. The predicted octanol–water partition coefficient (Wildman–Crippen LogP) is 2.63. The number of H-pyrrole nitrogens is 1. The average Bonchev–Trinajstić information content (AvgIpc) is 2.83. The van der Waals surface area contributed by atoms with E-state index in [4.69, 9.17) is 0 Å². The molecule has 1 aliphatic carbocycles. The number of aryl methyl sites for hydroxylation is 1. The third-order valence-corrected chi connectivity index (χ3v) is 5.89. The highest BCUT2D eigenvalue weighted by atomic mass is 32.2. The van der Waals surface area contributed by atoms with Gasteiger partial charge in [-0.25, -0.2) is 0 Å². The van der Waals surface area contributed by atoms with Crippen LogP contribution in [-0.4, -0.2) is 22.0 Å². The number of nitrogens with one attached hydrogen (secondary N) is 2. The molecule has 1 aromatic heterocycles. The maximum absolute atomic E-state index is 11.4. The van der Waals surface area contributed by atoms with Gasteiger partial charge in [0.05, 0.1) is 0 Å². The zero-order chi connectivity index (χ0) is 13.3. The lowest BCUT2D eigenvalue weighted by Gasteiger charge is -2.30. The van der Waals surface area contributed by atoms with Crippen molar-refractivity contribution >= 4 is 11.8 Å². The zero-order valence-electron chi connectivity index (χ0n) is 11.5. The summed E-state index contributed by atoms with van der Waals surface area (Å²) in [5.41, 5.74) is 2.47. The maximum atomic E-state index is 11.4. The molecule has 2 unspecified atom stereocenters. The van der Waals surface area contributed by atoms with E-state index in [1.807, 2.05) is 6.07 Å². The molecule has 3 nitrogen and oxygen atoms in total. The van der Waals surface area contributed by atoms with E-state index in [0.29, 0.717) is 10.8 Å². The monoisotopic (exact) mass is 278 g/mol. The highest BCUT2D eigenvalue weighted by Gasteiger charge is 2.31. The van der Waals surface area contributed by atoms with Gasteiger partial charge in [0.25, 0.3) is 0 Å². The summed E-state index contributed by atoms with van der Waals surface area (Å²) in [6.45, 7) is 3.44. The Balaban J connectivity index is 1.71. The summed E-state index contributed by atoms with van der Waals surface area (Å²) in [4.78, 5) is 14.4. The molecule has 1 saturated heterocycles. The van der Waals surface area contributed by atoms with E-state index < -0.39 is 0 Å². The van der Waals surface area contributed by atoms with Crippen LogP contribution in [-0.2, 0) is 6.42 Å². The van der Waals surface area contributed by atoms with E-state index in [1.54, 1.807) is 6.07 Å². The quantitative estimate of drug-likeness (QED) is 0.893. The Labute approximate surface area is 118 Å². The van der Waals surface area contributed by atoms with Crippen LogP contribution in [0.15, 0.2) is 16.9 Å². The Morgan fingerprint density at radius 2 is 2.37 bits per heavy atom. The Morgan fingerprint density at radius 3 is 3.16 bits per heavy atom. The molecule has 3 rings (SSSR count). The smallest absolute Gasteiger partial charge is 0.248 e. The Hall–Kier alpha value is -0.740. The van der Waals surface area contributed by atoms with E-state index in [9.17, 15) is 4.79 Å². The number of hydrogen-bond acceptors (Lipinski definition) is 3. The van der Waals surface area contributed by atoms with Crippen molar-refractivity contribution in [1.29, 1.82) is 0 Å². The van der Waals surface area contributed by atoms with Gasteiger partial charge in [0.1, 0.15) is 0 Å². The number of rotatable bonds is 3. The van der Waals surface area contributed by atoms with Crippen molar-refractivity contribution < 1.29 is 0 Å². The molecule has 2 atom stereocenters. The molecule has 0 bridgehead atoms. The van der Waals surface area contributed by atoms with E-state index >= 15 is 0 Å². The summed E-state index contributed by atoms with van der Waals surface area (Å²) in [6, 6.07) is 4.08. The minimum Gasteiger partial charge on any atom is -0.326 e. The molecule has 104 valence electrons. The lowest BCUT2D eigenvalue weighted by molar-refractivity contribution is 0.422. The molecule has 1 aliphatic heterocycles. The van der Waals surface area contributed by atoms with Crippen LogP contribution in [0.25, 0.3) is 0 Å². The predicted molar refractivity (Wildman–Crippen MR) is 80.8 cm³/mol. The van der Waals surface area contributed by atoms with Gasteiger partial charge in [-0.1, -0.05) is 6.07 Å². The second kappa shape index (κ2) is 5.33. The van der Waals surface area contributed by atoms with E-state index in [1.165, 1.54) is 30.6 Å². The van der Waals surface area contributed by atoms with Gasteiger partial charge in [-0.3, -0.25) is 4.79 Å². The van der Waals surface area contributed by atoms with Gasteiger partial charge >= 0.3 is 0 Å². The first-order valence-electron chi connectivity index (χ1n) is 7.26. The van der Waals surface area contributed by atoms with Gasteiger partial charge in [-0.15, -0.1) is 0 Å². The molecule has 0 aromatic carbocycles. The number of aromatic nitrogens is 1. The van der Waals surface area contributed by atoms with Crippen LogP contribution in [0.5, 0.6) is 0 Å². The van der Waals surface area contributed by atoms with Crippen LogP contribution >= 0.6 is 11.8 Å². The molecule has 1 aromatic rings. The van der Waals surface area contributed by atoms with Crippen LogP contribution in [0, 0.1) is 0 Å². The fourth-order valence-corrected chi connectivity index (χ4v) is 4.48. The minimum absolute atomic E-state index is 0.0257. The molecule has 2 N–H and O–H groups in total. The van der Waals surface area contributed by atoms with E-state index in [-0.39, 0.29) is 5.56 Å². The first kappa shape index (κ1) is 13.3. The molecule has 1 fully saturated rings. The molecule has 0 radical (unpaired) electrons. The second-order valence-corrected chi connectivity index (χ2v) is 7.67. The van der Waals surface area contributed by atoms with Gasteiger partial charge in [-0.2, -0.15) is 11.8 Å². The third kappa shape index (κ3) is 2.90. The number of pyridine rings is 1. The number of fused-ring (bicyclic) bond motifs is 1. The normalized spacial score (nSPS) is 30.3. The Kier molecular flexibility index (Phi) is 3.72. The number of thioether (sulfide) groups is 1. The Bertz CT molecular complexity index is 505. The topological polar surface area (TPSA) is 44.9 Å². The van der Waals surface area contributed by atoms with Crippen LogP contribution in [0.1, 0.15) is 49.9 Å².